The lowest BCUT2D eigenvalue weighted by atomic mass is 9.92. The van der Waals surface area contributed by atoms with Crippen LogP contribution in [0, 0.1) is 12.3 Å². The molecule has 0 spiro atoms. The van der Waals surface area contributed by atoms with Crippen LogP contribution >= 0.6 is 0 Å². The van der Waals surface area contributed by atoms with Crippen molar-refractivity contribution >= 4 is 6.09 Å². The van der Waals surface area contributed by atoms with Crippen LogP contribution in [0.5, 0.6) is 0 Å². The number of fused-ring (bicyclic) bond motifs is 2. The first-order valence-electron chi connectivity index (χ1n) is 7.97. The van der Waals surface area contributed by atoms with Crippen LogP contribution in [0.15, 0.2) is 42.0 Å². The maximum atomic E-state index is 12.5. The molecule has 2 heterocycles. The van der Waals surface area contributed by atoms with Crippen molar-refractivity contribution in [2.45, 2.75) is 38.0 Å². The lowest BCUT2D eigenvalue weighted by molar-refractivity contribution is -0.0375. The highest BCUT2D eigenvalue weighted by molar-refractivity contribution is 5.69. The number of carbonyl (C=O) groups is 1. The van der Waals surface area contributed by atoms with Crippen LogP contribution in [0.25, 0.3) is 0 Å². The number of morpholine rings is 1. The molecule has 0 aliphatic carbocycles. The Morgan fingerprint density at radius 3 is 2.91 bits per heavy atom. The van der Waals surface area contributed by atoms with Crippen LogP contribution in [-0.4, -0.2) is 36.3 Å². The first-order valence-corrected chi connectivity index (χ1v) is 7.97. The van der Waals surface area contributed by atoms with Gasteiger partial charge in [-0.15, -0.1) is 12.3 Å². The van der Waals surface area contributed by atoms with E-state index in [-0.39, 0.29) is 18.2 Å². The molecule has 23 heavy (non-hydrogen) atoms. The van der Waals surface area contributed by atoms with Gasteiger partial charge >= 0.3 is 6.09 Å². The van der Waals surface area contributed by atoms with Gasteiger partial charge < -0.3 is 9.47 Å². The highest BCUT2D eigenvalue weighted by atomic mass is 16.6. The van der Waals surface area contributed by atoms with Gasteiger partial charge in [0.15, 0.2) is 0 Å². The van der Waals surface area contributed by atoms with Crippen molar-refractivity contribution in [1.29, 1.82) is 0 Å². The number of ether oxygens (including phenoxy) is 2. The summed E-state index contributed by atoms with van der Waals surface area (Å²) >= 11 is 0. The van der Waals surface area contributed by atoms with E-state index in [9.17, 15) is 4.79 Å². The van der Waals surface area contributed by atoms with E-state index in [2.05, 4.69) is 12.0 Å². The van der Waals surface area contributed by atoms with E-state index in [4.69, 9.17) is 15.9 Å². The number of benzene rings is 1. The molecule has 2 atom stereocenters. The monoisotopic (exact) mass is 311 g/mol. The van der Waals surface area contributed by atoms with Gasteiger partial charge in [0.1, 0.15) is 6.61 Å². The summed E-state index contributed by atoms with van der Waals surface area (Å²) in [7, 11) is 0. The van der Waals surface area contributed by atoms with Gasteiger partial charge in [0.05, 0.1) is 25.3 Å². The summed E-state index contributed by atoms with van der Waals surface area (Å²) in [5.74, 6) is 2.68. The van der Waals surface area contributed by atoms with Crippen molar-refractivity contribution in [1.82, 2.24) is 4.90 Å². The molecule has 4 heteroatoms. The molecule has 3 rings (SSSR count). The molecule has 0 radical (unpaired) electrons. The molecular formula is C19H21NO3. The molecular weight excluding hydrogens is 290 g/mol. The van der Waals surface area contributed by atoms with Crippen LogP contribution in [0.3, 0.4) is 0 Å². The average Bonchev–Trinajstić information content (AvgIpc) is 2.58. The minimum atomic E-state index is -0.264. The molecule has 1 aromatic rings. The Bertz CT molecular complexity index is 617. The van der Waals surface area contributed by atoms with Gasteiger partial charge in [-0.05, 0) is 18.4 Å². The molecule has 2 aliphatic rings. The molecule has 120 valence electrons. The van der Waals surface area contributed by atoms with Crippen LogP contribution in [0.2, 0.25) is 0 Å². The third-order valence-corrected chi connectivity index (χ3v) is 4.28. The second kappa shape index (κ2) is 7.34. The van der Waals surface area contributed by atoms with Crippen molar-refractivity contribution in [3.05, 3.63) is 47.5 Å². The first-order chi connectivity index (χ1) is 11.3. The summed E-state index contributed by atoms with van der Waals surface area (Å²) in [4.78, 5) is 14.3. The molecule has 1 aromatic carbocycles. The minimum Gasteiger partial charge on any atom is -0.445 e. The molecule has 2 unspecified atom stereocenters. The molecule has 2 bridgehead atoms. The summed E-state index contributed by atoms with van der Waals surface area (Å²) in [5, 5.41) is 0. The van der Waals surface area contributed by atoms with Crippen LogP contribution in [0.4, 0.5) is 4.79 Å². The Kier molecular flexibility index (Phi) is 4.99. The molecule has 0 N–H and O–H groups in total. The van der Waals surface area contributed by atoms with Gasteiger partial charge in [0.25, 0.3) is 0 Å². The van der Waals surface area contributed by atoms with E-state index in [1.54, 1.807) is 0 Å². The normalized spacial score (nSPS) is 22.9. The van der Waals surface area contributed by atoms with Crippen LogP contribution < -0.4 is 0 Å². The van der Waals surface area contributed by atoms with Gasteiger partial charge in [-0.25, -0.2) is 4.79 Å². The van der Waals surface area contributed by atoms with Gasteiger partial charge in [0.2, 0.25) is 0 Å². The molecule has 0 aromatic heterocycles. The number of hydrogen-bond donors (Lipinski definition) is 0. The van der Waals surface area contributed by atoms with Crippen molar-refractivity contribution in [3.63, 3.8) is 0 Å². The number of carbonyl (C=O) groups excluding carboxylic acids is 1. The zero-order valence-electron chi connectivity index (χ0n) is 13.1. The van der Waals surface area contributed by atoms with E-state index < -0.39 is 0 Å². The van der Waals surface area contributed by atoms with Crippen LogP contribution in [0.1, 0.15) is 24.8 Å². The van der Waals surface area contributed by atoms with E-state index >= 15 is 0 Å². The lowest BCUT2D eigenvalue weighted by Crippen LogP contribution is -2.56. The zero-order valence-corrected chi connectivity index (χ0v) is 13.1. The second-order valence-electron chi connectivity index (χ2n) is 5.94. The van der Waals surface area contributed by atoms with Gasteiger partial charge in [-0.2, -0.15) is 0 Å². The number of rotatable bonds is 4. The minimum absolute atomic E-state index is 0.0430. The summed E-state index contributed by atoms with van der Waals surface area (Å²) in [6.07, 6.45) is 9.66. The number of hydrogen-bond acceptors (Lipinski definition) is 3. The number of terminal acetylenes is 1. The molecule has 1 amide bonds. The maximum absolute atomic E-state index is 12.5. The quantitative estimate of drug-likeness (QED) is 0.633. The smallest absolute Gasteiger partial charge is 0.411 e. The van der Waals surface area contributed by atoms with Gasteiger partial charge in [0, 0.05) is 6.42 Å². The topological polar surface area (TPSA) is 38.8 Å². The standard InChI is InChI=1S/C19H21NO3/c1-2-3-7-16-10-17-13-22-14-18(11-16)20(17)19(21)23-12-15-8-5-4-6-9-15/h1,4-6,8-10,17-18H,3,7,11-14H2. The lowest BCUT2D eigenvalue weighted by Gasteiger charge is -2.43. The first kappa shape index (κ1) is 15.6. The Balaban J connectivity index is 1.64. The molecule has 0 saturated carbocycles. The fourth-order valence-electron chi connectivity index (χ4n) is 3.18. The predicted octanol–water partition coefficient (Wildman–Crippen LogP) is 3.14. The summed E-state index contributed by atoms with van der Waals surface area (Å²) in [5.41, 5.74) is 2.32. The second-order valence-corrected chi connectivity index (χ2v) is 5.94. The average molecular weight is 311 g/mol. The fourth-order valence-corrected chi connectivity index (χ4v) is 3.18. The predicted molar refractivity (Wildman–Crippen MR) is 87.6 cm³/mol. The Labute approximate surface area is 137 Å². The van der Waals surface area contributed by atoms with E-state index in [0.29, 0.717) is 19.8 Å². The van der Waals surface area contributed by atoms with Crippen molar-refractivity contribution in [2.75, 3.05) is 13.2 Å². The van der Waals surface area contributed by atoms with Crippen LogP contribution in [-0.2, 0) is 16.1 Å². The molecule has 1 saturated heterocycles. The highest BCUT2D eigenvalue weighted by Gasteiger charge is 2.38. The Morgan fingerprint density at radius 2 is 2.17 bits per heavy atom. The zero-order chi connectivity index (χ0) is 16.1. The van der Waals surface area contributed by atoms with E-state index in [0.717, 1.165) is 24.8 Å². The van der Waals surface area contributed by atoms with Gasteiger partial charge in [-0.3, -0.25) is 4.90 Å². The fraction of sp³-hybridized carbons (Fsp3) is 0.421. The SMILES string of the molecule is C#CCCC1=CC2COCC(C1)N2C(=O)OCc1ccccc1. The van der Waals surface area contributed by atoms with Crippen molar-refractivity contribution in [3.8, 4) is 12.3 Å². The highest BCUT2D eigenvalue weighted by Crippen LogP contribution is 2.29. The summed E-state index contributed by atoms with van der Waals surface area (Å²) in [6, 6.07) is 9.73. The van der Waals surface area contributed by atoms with E-state index in [1.165, 1.54) is 5.57 Å². The van der Waals surface area contributed by atoms with Gasteiger partial charge in [-0.1, -0.05) is 42.0 Å². The molecule has 4 nitrogen and oxygen atoms in total. The molecule has 1 fully saturated rings. The third kappa shape index (κ3) is 3.75. The Morgan fingerprint density at radius 1 is 1.35 bits per heavy atom. The maximum Gasteiger partial charge on any atom is 0.411 e. The molecule has 2 aliphatic heterocycles. The van der Waals surface area contributed by atoms with Crippen molar-refractivity contribution in [2.24, 2.45) is 0 Å². The summed E-state index contributed by atoms with van der Waals surface area (Å²) < 4.78 is 11.1. The van der Waals surface area contributed by atoms with E-state index in [1.807, 2.05) is 35.2 Å². The third-order valence-electron chi connectivity index (χ3n) is 4.28. The number of amides is 1. The summed E-state index contributed by atoms with van der Waals surface area (Å²) in [6.45, 7) is 1.38. The largest absolute Gasteiger partial charge is 0.445 e. The van der Waals surface area contributed by atoms with Crippen molar-refractivity contribution < 1.29 is 14.3 Å². The number of nitrogens with zero attached hydrogens (tertiary/aromatic N) is 1. The Hall–Kier alpha value is -2.25.